The number of rotatable bonds is 8. The summed E-state index contributed by atoms with van der Waals surface area (Å²) in [7, 11) is 0. The molecule has 37 heavy (non-hydrogen) atoms. The summed E-state index contributed by atoms with van der Waals surface area (Å²) in [6.07, 6.45) is 1.64. The second-order valence-corrected chi connectivity index (χ2v) is 11.5. The van der Waals surface area contributed by atoms with Crippen LogP contribution in [0, 0.1) is 13.8 Å². The first-order valence-corrected chi connectivity index (χ1v) is 13.7. The van der Waals surface area contributed by atoms with E-state index in [1.165, 1.54) is 28.7 Å². The van der Waals surface area contributed by atoms with Crippen molar-refractivity contribution in [2.24, 2.45) is 0 Å². The average molecular weight is 535 g/mol. The third-order valence-corrected chi connectivity index (χ3v) is 7.35. The largest absolute Gasteiger partial charge is 0.345 e. The summed E-state index contributed by atoms with van der Waals surface area (Å²) in [4.78, 5) is 29.4. The van der Waals surface area contributed by atoms with E-state index in [2.05, 4.69) is 52.7 Å². The quantitative estimate of drug-likeness (QED) is 0.298. The Morgan fingerprint density at radius 2 is 1.81 bits per heavy atom. The fourth-order valence-corrected chi connectivity index (χ4v) is 4.97. The van der Waals surface area contributed by atoms with E-state index >= 15 is 0 Å². The Labute approximate surface area is 224 Å². The fourth-order valence-electron chi connectivity index (χ4n) is 3.66. The van der Waals surface area contributed by atoms with E-state index in [-0.39, 0.29) is 29.5 Å². The number of thiazole rings is 1. The zero-order chi connectivity index (χ0) is 26.6. The summed E-state index contributed by atoms with van der Waals surface area (Å²) in [6, 6.07) is 13.8. The van der Waals surface area contributed by atoms with Gasteiger partial charge in [-0.3, -0.25) is 14.2 Å². The van der Waals surface area contributed by atoms with Crippen molar-refractivity contribution < 1.29 is 9.59 Å². The number of anilines is 1. The molecule has 4 aromatic rings. The van der Waals surface area contributed by atoms with E-state index in [1.54, 1.807) is 11.6 Å². The molecule has 2 aromatic carbocycles. The highest BCUT2D eigenvalue weighted by molar-refractivity contribution is 7.99. The minimum Gasteiger partial charge on any atom is -0.345 e. The molecular weight excluding hydrogens is 504 g/mol. The monoisotopic (exact) mass is 534 g/mol. The van der Waals surface area contributed by atoms with Crippen LogP contribution in [-0.4, -0.2) is 37.3 Å². The van der Waals surface area contributed by atoms with Gasteiger partial charge in [-0.2, -0.15) is 0 Å². The first kappa shape index (κ1) is 26.6. The van der Waals surface area contributed by atoms with Gasteiger partial charge >= 0.3 is 0 Å². The fraction of sp³-hybridized carbons (Fsp3) is 0.296. The zero-order valence-electron chi connectivity index (χ0n) is 21.5. The summed E-state index contributed by atoms with van der Waals surface area (Å²) in [5.41, 5.74) is 4.79. The molecule has 0 bridgehead atoms. The molecule has 0 spiro atoms. The summed E-state index contributed by atoms with van der Waals surface area (Å²) >= 11 is 2.65. The number of benzene rings is 2. The highest BCUT2D eigenvalue weighted by Crippen LogP contribution is 2.26. The summed E-state index contributed by atoms with van der Waals surface area (Å²) < 4.78 is 1.91. The van der Waals surface area contributed by atoms with E-state index in [4.69, 9.17) is 0 Å². The Morgan fingerprint density at radius 3 is 2.49 bits per heavy atom. The molecule has 0 aliphatic rings. The summed E-state index contributed by atoms with van der Waals surface area (Å²) in [5.74, 6) is 0.364. The van der Waals surface area contributed by atoms with Gasteiger partial charge in [0.1, 0.15) is 0 Å². The van der Waals surface area contributed by atoms with Crippen LogP contribution in [0.3, 0.4) is 0 Å². The van der Waals surface area contributed by atoms with Gasteiger partial charge in [0.15, 0.2) is 16.1 Å². The van der Waals surface area contributed by atoms with Crippen molar-refractivity contribution >= 4 is 40.0 Å². The normalized spacial score (nSPS) is 11.4. The Bertz CT molecular complexity index is 1390. The van der Waals surface area contributed by atoms with Crippen LogP contribution in [0.1, 0.15) is 53.6 Å². The second kappa shape index (κ2) is 11.3. The van der Waals surface area contributed by atoms with Crippen molar-refractivity contribution in [2.75, 3.05) is 11.1 Å². The molecule has 0 aliphatic heterocycles. The Morgan fingerprint density at radius 1 is 1.05 bits per heavy atom. The molecule has 192 valence electrons. The van der Waals surface area contributed by atoms with Crippen LogP contribution in [0.5, 0.6) is 0 Å². The van der Waals surface area contributed by atoms with Crippen LogP contribution in [0.2, 0.25) is 0 Å². The van der Waals surface area contributed by atoms with Gasteiger partial charge in [0.2, 0.25) is 5.91 Å². The minimum atomic E-state index is -0.187. The molecule has 0 saturated carbocycles. The molecular formula is C27H30N6O2S2. The molecule has 0 aliphatic carbocycles. The minimum absolute atomic E-state index is 0.0162. The highest BCUT2D eigenvalue weighted by atomic mass is 32.2. The van der Waals surface area contributed by atoms with Crippen LogP contribution in [-0.2, 0) is 16.8 Å². The molecule has 0 unspecified atom stereocenters. The van der Waals surface area contributed by atoms with Crippen molar-refractivity contribution in [1.29, 1.82) is 0 Å². The number of carbonyl (C=O) groups is 2. The summed E-state index contributed by atoms with van der Waals surface area (Å²) in [6.45, 7) is 10.6. The smallest absolute Gasteiger partial charge is 0.251 e. The van der Waals surface area contributed by atoms with Crippen molar-refractivity contribution in [3.05, 3.63) is 82.1 Å². The molecule has 2 N–H and O–H groups in total. The predicted octanol–water partition coefficient (Wildman–Crippen LogP) is 5.30. The molecule has 2 amide bonds. The maximum atomic E-state index is 12.9. The maximum Gasteiger partial charge on any atom is 0.251 e. The van der Waals surface area contributed by atoms with Crippen LogP contribution >= 0.6 is 23.1 Å². The Kier molecular flexibility index (Phi) is 8.09. The standard InChI is InChI=1S/C27H30N6O2S2/c1-17-6-7-18(2)21(14-17)33-22(15-29-24(35)19-8-10-20(11-9-19)27(3,4)5)31-32-26(33)37-16-23(34)30-25-28-12-13-36-25/h6-14H,15-16H2,1-5H3,(H,29,35)(H,28,30,34). The molecule has 0 radical (unpaired) electrons. The van der Waals surface area contributed by atoms with Crippen LogP contribution < -0.4 is 10.6 Å². The van der Waals surface area contributed by atoms with Gasteiger partial charge in [-0.05, 0) is 54.2 Å². The van der Waals surface area contributed by atoms with E-state index in [1.807, 2.05) is 54.8 Å². The molecule has 2 heterocycles. The lowest BCUT2D eigenvalue weighted by molar-refractivity contribution is -0.113. The lowest BCUT2D eigenvalue weighted by Gasteiger charge is -2.19. The number of hydrogen-bond donors (Lipinski definition) is 2. The lowest BCUT2D eigenvalue weighted by atomic mass is 9.87. The first-order valence-electron chi connectivity index (χ1n) is 11.8. The first-order chi connectivity index (χ1) is 17.6. The number of thioether (sulfide) groups is 1. The van der Waals surface area contributed by atoms with Gasteiger partial charge in [-0.25, -0.2) is 4.98 Å². The van der Waals surface area contributed by atoms with E-state index < -0.39 is 0 Å². The van der Waals surface area contributed by atoms with Crippen LogP contribution in [0.25, 0.3) is 5.69 Å². The van der Waals surface area contributed by atoms with Crippen molar-refractivity contribution in [2.45, 2.75) is 51.7 Å². The molecule has 4 rings (SSSR count). The number of nitrogens with one attached hydrogen (secondary N) is 2. The molecule has 0 saturated heterocycles. The van der Waals surface area contributed by atoms with Crippen molar-refractivity contribution in [1.82, 2.24) is 25.1 Å². The van der Waals surface area contributed by atoms with Gasteiger partial charge in [0.25, 0.3) is 5.91 Å². The maximum absolute atomic E-state index is 12.9. The molecule has 2 aromatic heterocycles. The van der Waals surface area contributed by atoms with E-state index in [9.17, 15) is 9.59 Å². The SMILES string of the molecule is Cc1ccc(C)c(-n2c(CNC(=O)c3ccc(C(C)(C)C)cc3)nnc2SCC(=O)Nc2nccs2)c1. The number of nitrogens with zero attached hydrogens (tertiary/aromatic N) is 4. The third kappa shape index (κ3) is 6.64. The number of aromatic nitrogens is 4. The Balaban J connectivity index is 1.53. The van der Waals surface area contributed by atoms with Gasteiger partial charge in [0.05, 0.1) is 18.0 Å². The van der Waals surface area contributed by atoms with E-state index in [0.29, 0.717) is 21.7 Å². The zero-order valence-corrected chi connectivity index (χ0v) is 23.2. The number of aryl methyl sites for hydroxylation is 2. The Hall–Kier alpha value is -3.50. The predicted molar refractivity (Wildman–Crippen MR) is 149 cm³/mol. The number of amides is 2. The number of carbonyl (C=O) groups excluding carboxylic acids is 2. The molecule has 0 fully saturated rings. The molecule has 0 atom stereocenters. The van der Waals surface area contributed by atoms with Gasteiger partial charge in [0, 0.05) is 17.1 Å². The lowest BCUT2D eigenvalue weighted by Crippen LogP contribution is -2.25. The van der Waals surface area contributed by atoms with Crippen molar-refractivity contribution in [3.8, 4) is 5.69 Å². The van der Waals surface area contributed by atoms with Crippen molar-refractivity contribution in [3.63, 3.8) is 0 Å². The average Bonchev–Trinajstić information content (AvgIpc) is 3.52. The third-order valence-electron chi connectivity index (χ3n) is 5.74. The molecule has 10 heteroatoms. The summed E-state index contributed by atoms with van der Waals surface area (Å²) in [5, 5.41) is 17.4. The number of hydrogen-bond acceptors (Lipinski definition) is 7. The molecule has 8 nitrogen and oxygen atoms in total. The van der Waals surface area contributed by atoms with Gasteiger partial charge in [-0.1, -0.05) is 56.8 Å². The van der Waals surface area contributed by atoms with Gasteiger partial charge < -0.3 is 10.6 Å². The van der Waals surface area contributed by atoms with Crippen LogP contribution in [0.15, 0.2) is 59.2 Å². The topological polar surface area (TPSA) is 102 Å². The van der Waals surface area contributed by atoms with Crippen LogP contribution in [0.4, 0.5) is 5.13 Å². The highest BCUT2D eigenvalue weighted by Gasteiger charge is 2.19. The second-order valence-electron chi connectivity index (χ2n) is 9.71. The van der Waals surface area contributed by atoms with Gasteiger partial charge in [-0.15, -0.1) is 21.5 Å². The van der Waals surface area contributed by atoms with E-state index in [0.717, 1.165) is 16.8 Å².